The molecule has 0 bridgehead atoms. The molecule has 8 heterocycles. The van der Waals surface area contributed by atoms with Crippen molar-refractivity contribution in [1.29, 1.82) is 0 Å². The predicted molar refractivity (Wildman–Crippen MR) is 497 cm³/mol. The highest BCUT2D eigenvalue weighted by Crippen LogP contribution is 2.39. The molecule has 698 valence electrons. The Morgan fingerprint density at radius 1 is 0.442 bits per heavy atom. The fraction of sp³-hybridized carbons (Fsp3) is 0.500. The van der Waals surface area contributed by atoms with Crippen LogP contribution in [0.2, 0.25) is 0 Å². The number of amides is 6. The monoisotopic (exact) mass is 1790 g/mol. The smallest absolute Gasteiger partial charge is 0.315 e. The van der Waals surface area contributed by atoms with Crippen LogP contribution in [0.4, 0.5) is 9.59 Å². The molecule has 7 aliphatic heterocycles. The molecule has 0 spiro atoms. The van der Waals surface area contributed by atoms with Crippen LogP contribution in [-0.2, 0) is 29.0 Å². The largest absolute Gasteiger partial charge is 0.497 e. The van der Waals surface area contributed by atoms with Gasteiger partial charge in [-0.15, -0.1) is 11.3 Å². The zero-order valence-corrected chi connectivity index (χ0v) is 76.0. The summed E-state index contributed by atoms with van der Waals surface area (Å²) in [6, 6.07) is 51.5. The van der Waals surface area contributed by atoms with Crippen molar-refractivity contribution in [3.63, 3.8) is 0 Å². The molecule has 15 rings (SSSR count). The second-order valence-electron chi connectivity index (χ2n) is 34.0. The third-order valence-electron chi connectivity index (χ3n) is 24.3. The van der Waals surface area contributed by atoms with E-state index < -0.39 is 36.5 Å². The van der Waals surface area contributed by atoms with E-state index in [1.165, 1.54) is 30.6 Å². The van der Waals surface area contributed by atoms with Crippen LogP contribution in [0.1, 0.15) is 165 Å². The van der Waals surface area contributed by atoms with Gasteiger partial charge in [-0.3, -0.25) is 14.5 Å². The number of likely N-dealkylation sites (tertiary alicyclic amines) is 4. The summed E-state index contributed by atoms with van der Waals surface area (Å²) in [5.41, 5.74) is 6.05. The molecule has 7 aliphatic rings. The molecule has 29 heteroatoms. The molecule has 4 saturated heterocycles. The van der Waals surface area contributed by atoms with Crippen LogP contribution in [-0.4, -0.2) is 239 Å². The number of nitrogens with zero attached hydrogens (tertiary/aromatic N) is 4. The Labute approximate surface area is 763 Å². The van der Waals surface area contributed by atoms with Crippen molar-refractivity contribution in [2.45, 2.75) is 159 Å². The van der Waals surface area contributed by atoms with E-state index in [1.54, 1.807) is 31.6 Å². The average Bonchev–Trinajstić information content (AvgIpc) is 1.83. The zero-order chi connectivity index (χ0) is 90.5. The van der Waals surface area contributed by atoms with Crippen LogP contribution in [0.25, 0.3) is 0 Å². The zero-order valence-electron chi connectivity index (χ0n) is 75.2. The van der Waals surface area contributed by atoms with Crippen molar-refractivity contribution in [2.75, 3.05) is 152 Å². The van der Waals surface area contributed by atoms with Gasteiger partial charge in [-0.1, -0.05) is 111 Å². The fourth-order valence-electron chi connectivity index (χ4n) is 17.1. The van der Waals surface area contributed by atoms with E-state index in [0.29, 0.717) is 163 Å². The Balaban J connectivity index is 0.000000156. The van der Waals surface area contributed by atoms with Crippen molar-refractivity contribution >= 4 is 35.2 Å². The lowest BCUT2D eigenvalue weighted by atomic mass is 9.91. The van der Waals surface area contributed by atoms with E-state index in [0.717, 1.165) is 129 Å². The number of carbonyl (C=O) groups excluding carboxylic acids is 4. The highest BCUT2D eigenvalue weighted by Gasteiger charge is 2.34. The summed E-state index contributed by atoms with van der Waals surface area (Å²) in [6.07, 6.45) is 9.44. The fourth-order valence-corrected chi connectivity index (χ4v) is 17.8. The lowest BCUT2D eigenvalue weighted by Gasteiger charge is -2.29. The molecule has 0 aliphatic carbocycles. The van der Waals surface area contributed by atoms with Gasteiger partial charge in [0.15, 0.2) is 34.5 Å². The Morgan fingerprint density at radius 3 is 1.38 bits per heavy atom. The number of hydrogen-bond acceptors (Lipinski definition) is 23. The highest BCUT2D eigenvalue weighted by molar-refractivity contribution is 7.09. The van der Waals surface area contributed by atoms with Gasteiger partial charge in [0.2, 0.25) is 11.8 Å². The molecular weight excluding hydrogens is 1660 g/mol. The summed E-state index contributed by atoms with van der Waals surface area (Å²) in [5.74, 6) is 5.94. The minimum absolute atomic E-state index is 0.00709. The first kappa shape index (κ1) is 97.6. The highest BCUT2D eigenvalue weighted by atomic mass is 32.1. The number of thiophene rings is 1. The molecule has 28 nitrogen and oxygen atoms in total. The van der Waals surface area contributed by atoms with E-state index in [4.69, 9.17) is 42.6 Å². The summed E-state index contributed by atoms with van der Waals surface area (Å²) < 4.78 is 49.9. The Hall–Kier alpha value is -10.4. The summed E-state index contributed by atoms with van der Waals surface area (Å²) >= 11 is 1.70. The van der Waals surface area contributed by atoms with Gasteiger partial charge < -0.3 is 115 Å². The SMILES string of the molecule is CCCCCOc1ccc([C@@H](O)[C@@H](CN2CC[C@H](O)C2)NC(=O)NCc2ccc(OC)cc2)cc1.COc1ccc(CCNC(=O)N[C@H](CN2CCCC2)[C@H](O)c2ccc3c(c2)OCCO3)cc1.C[C@@H](NC(=O)C[C@H](CN1CCCC1)[C@H](O)c1ccc2c(c1)OCCO2)c1ccccc1.O=C(C[C@H](CN1CCCC1)[C@H](O)c1ccc2c(c1)OCCO2)NCCc1cccs1. The lowest BCUT2D eigenvalue weighted by molar-refractivity contribution is -0.124. The number of methoxy groups -OCH3 is 2. The molecular formula is C100H134N10O18S. The molecule has 0 radical (unpaired) electrons. The number of urea groups is 2. The molecule has 4 fully saturated rings. The van der Waals surface area contributed by atoms with Crippen molar-refractivity contribution in [1.82, 2.24) is 51.5 Å². The van der Waals surface area contributed by atoms with E-state index >= 15 is 0 Å². The van der Waals surface area contributed by atoms with Gasteiger partial charge in [-0.05, 0) is 234 Å². The maximum absolute atomic E-state index is 12.9. The summed E-state index contributed by atoms with van der Waals surface area (Å²) in [5, 5.41) is 74.5. The third kappa shape index (κ3) is 31.4. The number of unbranched alkanes of at least 4 members (excludes halogenated alkanes) is 2. The Bertz CT molecular complexity index is 4660. The van der Waals surface area contributed by atoms with Crippen molar-refractivity contribution in [3.8, 4) is 51.7 Å². The van der Waals surface area contributed by atoms with E-state index in [2.05, 4.69) is 64.5 Å². The Kier molecular flexibility index (Phi) is 39.2. The first-order valence-corrected chi connectivity index (χ1v) is 47.0. The van der Waals surface area contributed by atoms with Gasteiger partial charge in [0.1, 0.15) is 69.1 Å². The Morgan fingerprint density at radius 2 is 0.891 bits per heavy atom. The maximum atomic E-state index is 12.9. The molecule has 11 N–H and O–H groups in total. The van der Waals surface area contributed by atoms with E-state index in [9.17, 15) is 44.7 Å². The number of ether oxygens (including phenoxy) is 9. The number of rotatable bonds is 39. The van der Waals surface area contributed by atoms with Crippen LogP contribution in [0.3, 0.4) is 0 Å². The van der Waals surface area contributed by atoms with Crippen LogP contribution < -0.4 is 74.5 Å². The standard InChI is InChI=1S/C27H39N3O5.C25H33N3O5.C25H32N2O4.C23H30N2O4S/c1-3-4-5-16-35-24-12-8-21(9-13-24)26(32)25(19-30-15-14-22(31)18-30)29-27(33)28-17-20-6-10-23(34-2)11-7-20;1-31-20-7-4-18(5-8-20)10-11-26-25(30)27-21(17-28-12-2-3-13-28)24(29)19-6-9-22-23(16-19)33-15-14-32-22;1-18(19-7-3-2-4-8-19)26-24(28)16-21(17-27-11-5-6-12-27)25(29)20-9-10-22-23(15-20)31-14-13-30-22;26-22(24-8-7-19-4-3-13-30-19)15-18(16-25-9-1-2-10-25)23(27)17-5-6-20-21(14-17)29-12-11-28-20/h6-13,22,25-26,31-32H,3-5,14-19H2,1-2H3,(H2,28,29,33);4-9,16,21,24,29H,2-3,10-15,17H2,1H3,(H2,26,27,30);2-4,7-10,15,18,21,25,29H,5-6,11-14,16-17H2,1H3,(H,26,28);3-6,13-14,18,23,27H,1-2,7-12,15-16H2,(H,24,26)/t22-,25+,26+;21-,24-;18-,21-,25-;18-,23-/m0111/s1. The average molecular weight is 1800 g/mol. The predicted octanol–water partition coefficient (Wildman–Crippen LogP) is 12.2. The van der Waals surface area contributed by atoms with Gasteiger partial charge in [0, 0.05) is 88.5 Å². The van der Waals surface area contributed by atoms with E-state index in [1.807, 2.05) is 170 Å². The normalized spacial score (nSPS) is 17.9. The van der Waals surface area contributed by atoms with Gasteiger partial charge in [-0.25, -0.2) is 9.59 Å². The van der Waals surface area contributed by atoms with Crippen LogP contribution in [0, 0.1) is 11.8 Å². The number of hydrogen-bond donors (Lipinski definition) is 11. The summed E-state index contributed by atoms with van der Waals surface area (Å²) in [7, 11) is 3.25. The van der Waals surface area contributed by atoms with Gasteiger partial charge in [-0.2, -0.15) is 0 Å². The topological polar surface area (TPSA) is 338 Å². The molecule has 1 aromatic heterocycles. The number of nitrogens with one attached hydrogen (secondary N) is 6. The van der Waals surface area contributed by atoms with Crippen LogP contribution >= 0.6 is 11.3 Å². The molecule has 0 saturated carbocycles. The van der Waals surface area contributed by atoms with Crippen LogP contribution in [0.15, 0.2) is 175 Å². The lowest BCUT2D eigenvalue weighted by Crippen LogP contribution is -2.50. The molecule has 0 unspecified atom stereocenters. The van der Waals surface area contributed by atoms with Crippen molar-refractivity contribution in [3.05, 3.63) is 219 Å². The third-order valence-corrected chi connectivity index (χ3v) is 25.2. The minimum atomic E-state index is -0.909. The molecule has 10 atom stereocenters. The quantitative estimate of drug-likeness (QED) is 0.0159. The number of carbonyl (C=O) groups is 4. The van der Waals surface area contributed by atoms with Gasteiger partial charge >= 0.3 is 12.1 Å². The second kappa shape index (κ2) is 51.8. The second-order valence-corrected chi connectivity index (χ2v) is 35.1. The number of benzene rings is 7. The van der Waals surface area contributed by atoms with Gasteiger partial charge in [0.05, 0.1) is 57.3 Å². The number of fused-ring (bicyclic) bond motifs is 3. The maximum Gasteiger partial charge on any atom is 0.315 e. The summed E-state index contributed by atoms with van der Waals surface area (Å²) in [4.78, 5) is 61.2. The molecule has 7 aromatic carbocycles. The molecule has 6 amide bonds. The minimum Gasteiger partial charge on any atom is -0.497 e. The molecule has 8 aromatic rings. The first-order chi connectivity index (χ1) is 62.9. The number of β-amino-alcohol motifs (C(OH)–C–C–N with tert-alkyl or cyclic N) is 1. The summed E-state index contributed by atoms with van der Waals surface area (Å²) in [6.45, 7) is 19.1. The van der Waals surface area contributed by atoms with Gasteiger partial charge in [0.25, 0.3) is 0 Å². The van der Waals surface area contributed by atoms with Crippen LogP contribution in [0.5, 0.6) is 51.7 Å². The van der Waals surface area contributed by atoms with Crippen molar-refractivity contribution < 1.29 is 87.3 Å². The molecule has 129 heavy (non-hydrogen) atoms. The number of aliphatic hydroxyl groups excluding tert-OH is 5. The van der Waals surface area contributed by atoms with E-state index in [-0.39, 0.29) is 54.3 Å². The number of aliphatic hydroxyl groups is 5. The van der Waals surface area contributed by atoms with Crippen molar-refractivity contribution in [2.24, 2.45) is 11.8 Å². The first-order valence-electron chi connectivity index (χ1n) is 46.1.